The summed E-state index contributed by atoms with van der Waals surface area (Å²) in [5, 5.41) is 1.96. The fourth-order valence-electron chi connectivity index (χ4n) is 5.82. The van der Waals surface area contributed by atoms with Gasteiger partial charge in [0, 0.05) is 13.1 Å². The molecule has 244 valence electrons. The number of benzene rings is 4. The van der Waals surface area contributed by atoms with Gasteiger partial charge in [0.2, 0.25) is 5.91 Å². The van der Waals surface area contributed by atoms with Crippen molar-refractivity contribution in [1.82, 2.24) is 4.90 Å². The molecule has 4 aromatic carbocycles. The SMILES string of the molecule is CCCCCCCCCOc1ccc(-c2ccc(C(=O)Oc3ccc4cc([C@H](C)C(=O)N(CCC)CCC)ccc4c3)cc2)cc1. The van der Waals surface area contributed by atoms with Gasteiger partial charge in [0.05, 0.1) is 18.1 Å². The third-order valence-electron chi connectivity index (χ3n) is 8.54. The van der Waals surface area contributed by atoms with Gasteiger partial charge in [-0.1, -0.05) is 108 Å². The number of fused-ring (bicyclic) bond motifs is 1. The van der Waals surface area contributed by atoms with Gasteiger partial charge in [-0.3, -0.25) is 4.79 Å². The Hall–Kier alpha value is -4.12. The van der Waals surface area contributed by atoms with E-state index in [1.54, 1.807) is 12.1 Å². The smallest absolute Gasteiger partial charge is 0.343 e. The zero-order valence-electron chi connectivity index (χ0n) is 28.2. The topological polar surface area (TPSA) is 55.8 Å². The van der Waals surface area contributed by atoms with Crippen molar-refractivity contribution in [2.45, 2.75) is 91.4 Å². The van der Waals surface area contributed by atoms with Crippen LogP contribution in [0, 0.1) is 0 Å². The molecule has 1 amide bonds. The van der Waals surface area contributed by atoms with Crippen molar-refractivity contribution in [3.05, 3.63) is 96.1 Å². The minimum atomic E-state index is -0.400. The van der Waals surface area contributed by atoms with Crippen LogP contribution < -0.4 is 9.47 Å². The average Bonchev–Trinajstić information content (AvgIpc) is 3.08. The third kappa shape index (κ3) is 9.94. The molecule has 4 aromatic rings. The third-order valence-corrected chi connectivity index (χ3v) is 8.54. The molecular weight excluding hydrogens is 570 g/mol. The highest BCUT2D eigenvalue weighted by molar-refractivity contribution is 5.93. The van der Waals surface area contributed by atoms with Crippen LogP contribution in [0.5, 0.6) is 11.5 Å². The first-order chi connectivity index (χ1) is 22.4. The normalized spacial score (nSPS) is 11.7. The second kappa shape index (κ2) is 18.1. The van der Waals surface area contributed by atoms with Gasteiger partial charge in [0.25, 0.3) is 0 Å². The van der Waals surface area contributed by atoms with Gasteiger partial charge in [-0.2, -0.15) is 0 Å². The van der Waals surface area contributed by atoms with Crippen LogP contribution in [0.1, 0.15) is 107 Å². The van der Waals surface area contributed by atoms with Crippen LogP contribution in [0.3, 0.4) is 0 Å². The van der Waals surface area contributed by atoms with E-state index in [0.29, 0.717) is 11.3 Å². The second-order valence-electron chi connectivity index (χ2n) is 12.3. The molecule has 0 unspecified atom stereocenters. The summed E-state index contributed by atoms with van der Waals surface area (Å²) in [7, 11) is 0. The minimum Gasteiger partial charge on any atom is -0.494 e. The van der Waals surface area contributed by atoms with E-state index in [-0.39, 0.29) is 11.8 Å². The van der Waals surface area contributed by atoms with Crippen molar-refractivity contribution in [2.75, 3.05) is 19.7 Å². The number of unbranched alkanes of at least 4 members (excludes halogenated alkanes) is 6. The highest BCUT2D eigenvalue weighted by Crippen LogP contribution is 2.28. The Kier molecular flexibility index (Phi) is 13.7. The molecule has 5 heteroatoms. The van der Waals surface area contributed by atoms with Gasteiger partial charge in [-0.15, -0.1) is 0 Å². The molecule has 0 fully saturated rings. The molecular formula is C41H51NO4. The van der Waals surface area contributed by atoms with Crippen LogP contribution in [0.4, 0.5) is 0 Å². The number of amides is 1. The predicted molar refractivity (Wildman–Crippen MR) is 190 cm³/mol. The molecule has 0 aromatic heterocycles. The molecule has 5 nitrogen and oxygen atoms in total. The fourth-order valence-corrected chi connectivity index (χ4v) is 5.82. The molecule has 0 heterocycles. The molecule has 0 saturated carbocycles. The maximum absolute atomic E-state index is 13.1. The molecule has 0 saturated heterocycles. The predicted octanol–water partition coefficient (Wildman–Crippen LogP) is 10.6. The first-order valence-electron chi connectivity index (χ1n) is 17.3. The lowest BCUT2D eigenvalue weighted by Gasteiger charge is -2.25. The maximum Gasteiger partial charge on any atom is 0.343 e. The zero-order chi connectivity index (χ0) is 32.7. The average molecular weight is 622 g/mol. The Labute approximate surface area is 275 Å². The Morgan fingerprint density at radius 3 is 1.85 bits per heavy atom. The summed E-state index contributed by atoms with van der Waals surface area (Å²) in [6, 6.07) is 27.3. The molecule has 46 heavy (non-hydrogen) atoms. The summed E-state index contributed by atoms with van der Waals surface area (Å²) in [6.45, 7) is 10.7. The van der Waals surface area contributed by atoms with Crippen molar-refractivity contribution >= 4 is 22.6 Å². The first kappa shape index (κ1) is 34.7. The monoisotopic (exact) mass is 621 g/mol. The van der Waals surface area contributed by atoms with E-state index in [4.69, 9.17) is 9.47 Å². The Balaban J connectivity index is 1.30. The van der Waals surface area contributed by atoms with Crippen LogP contribution in [-0.2, 0) is 4.79 Å². The number of carbonyl (C=O) groups excluding carboxylic acids is 2. The van der Waals surface area contributed by atoms with Crippen molar-refractivity contribution < 1.29 is 19.1 Å². The van der Waals surface area contributed by atoms with Crippen LogP contribution in [-0.4, -0.2) is 36.5 Å². The zero-order valence-corrected chi connectivity index (χ0v) is 28.2. The summed E-state index contributed by atoms with van der Waals surface area (Å²) in [5.41, 5.74) is 3.57. The molecule has 0 aliphatic rings. The van der Waals surface area contributed by atoms with Crippen LogP contribution in [0.25, 0.3) is 21.9 Å². The van der Waals surface area contributed by atoms with E-state index in [0.717, 1.165) is 72.2 Å². The van der Waals surface area contributed by atoms with Gasteiger partial charge in [-0.25, -0.2) is 4.79 Å². The number of hydrogen-bond donors (Lipinski definition) is 0. The van der Waals surface area contributed by atoms with Gasteiger partial charge in [0.15, 0.2) is 0 Å². The number of esters is 1. The van der Waals surface area contributed by atoms with Crippen molar-refractivity contribution in [3.8, 4) is 22.6 Å². The number of hydrogen-bond acceptors (Lipinski definition) is 4. The number of rotatable bonds is 18. The molecule has 0 bridgehead atoms. The van der Waals surface area contributed by atoms with E-state index < -0.39 is 5.97 Å². The summed E-state index contributed by atoms with van der Waals surface area (Å²) < 4.78 is 11.7. The molecule has 0 aliphatic carbocycles. The molecule has 0 spiro atoms. The second-order valence-corrected chi connectivity index (χ2v) is 12.3. The molecule has 1 atom stereocenters. The lowest BCUT2D eigenvalue weighted by molar-refractivity contribution is -0.132. The van der Waals surface area contributed by atoms with Crippen LogP contribution >= 0.6 is 0 Å². The van der Waals surface area contributed by atoms with E-state index in [9.17, 15) is 9.59 Å². The van der Waals surface area contributed by atoms with Crippen molar-refractivity contribution in [2.24, 2.45) is 0 Å². The fraction of sp³-hybridized carbons (Fsp3) is 0.415. The van der Waals surface area contributed by atoms with Gasteiger partial charge < -0.3 is 14.4 Å². The van der Waals surface area contributed by atoms with E-state index in [2.05, 4.69) is 39.0 Å². The summed E-state index contributed by atoms with van der Waals surface area (Å²) in [6.07, 6.45) is 10.8. The van der Waals surface area contributed by atoms with E-state index >= 15 is 0 Å². The molecule has 0 radical (unpaired) electrons. The number of carbonyl (C=O) groups is 2. The van der Waals surface area contributed by atoms with E-state index in [1.165, 1.54) is 38.5 Å². The van der Waals surface area contributed by atoms with Gasteiger partial charge in [-0.05, 0) is 90.0 Å². The van der Waals surface area contributed by atoms with Crippen molar-refractivity contribution in [3.63, 3.8) is 0 Å². The Bertz CT molecular complexity index is 1520. The molecule has 0 N–H and O–H groups in total. The lowest BCUT2D eigenvalue weighted by Crippen LogP contribution is -2.35. The molecule has 0 aliphatic heterocycles. The number of nitrogens with zero attached hydrogens (tertiary/aromatic N) is 1. The Morgan fingerprint density at radius 2 is 1.20 bits per heavy atom. The maximum atomic E-state index is 13.1. The first-order valence-corrected chi connectivity index (χ1v) is 17.3. The standard InChI is InChI=1S/C41H51NO4/c1-5-8-9-10-11-12-13-28-45-38-23-20-33(21-24-38)32-14-16-34(17-15-32)41(44)46-39-25-22-36-29-35(18-19-37(36)30-39)31(4)40(43)42(26-6-2)27-7-3/h14-25,29-31H,5-13,26-28H2,1-4H3/t31-/m0/s1. The summed E-state index contributed by atoms with van der Waals surface area (Å²) in [4.78, 5) is 28.1. The lowest BCUT2D eigenvalue weighted by atomic mass is 9.96. The number of ether oxygens (including phenoxy) is 2. The summed E-state index contributed by atoms with van der Waals surface area (Å²) >= 11 is 0. The minimum absolute atomic E-state index is 0.166. The highest BCUT2D eigenvalue weighted by atomic mass is 16.5. The van der Waals surface area contributed by atoms with Crippen molar-refractivity contribution in [1.29, 1.82) is 0 Å². The summed E-state index contributed by atoms with van der Waals surface area (Å²) in [5.74, 6) is 0.925. The Morgan fingerprint density at radius 1 is 0.630 bits per heavy atom. The van der Waals surface area contributed by atoms with Gasteiger partial charge >= 0.3 is 5.97 Å². The van der Waals surface area contributed by atoms with Crippen LogP contribution in [0.15, 0.2) is 84.9 Å². The largest absolute Gasteiger partial charge is 0.494 e. The molecule has 4 rings (SSSR count). The highest BCUT2D eigenvalue weighted by Gasteiger charge is 2.21. The van der Waals surface area contributed by atoms with E-state index in [1.807, 2.05) is 66.4 Å². The quantitative estimate of drug-likeness (QED) is 0.0630. The van der Waals surface area contributed by atoms with Crippen LogP contribution in [0.2, 0.25) is 0 Å². The van der Waals surface area contributed by atoms with Gasteiger partial charge in [0.1, 0.15) is 11.5 Å².